The first-order chi connectivity index (χ1) is 8.97. The molecule has 0 fully saturated rings. The van der Waals surface area contributed by atoms with Crippen molar-refractivity contribution in [2.45, 2.75) is 12.5 Å². The average molecular weight is 380 g/mol. The molecule has 1 nitrogen and oxygen atoms in total. The fraction of sp³-hybridized carbons (Fsp3) is 0.143. The SMILES string of the molecule is NC(Cc1ccc(Cl)cc1Cl)c1ccc(Br)cc1Cl. The highest BCUT2D eigenvalue weighted by atomic mass is 79.9. The van der Waals surface area contributed by atoms with Crippen molar-refractivity contribution in [2.75, 3.05) is 0 Å². The van der Waals surface area contributed by atoms with Gasteiger partial charge in [0.2, 0.25) is 0 Å². The van der Waals surface area contributed by atoms with Gasteiger partial charge in [-0.15, -0.1) is 0 Å². The van der Waals surface area contributed by atoms with Crippen LogP contribution in [0.5, 0.6) is 0 Å². The van der Waals surface area contributed by atoms with Crippen molar-refractivity contribution in [1.82, 2.24) is 0 Å². The second-order valence-electron chi connectivity index (χ2n) is 4.21. The molecule has 2 aromatic carbocycles. The highest BCUT2D eigenvalue weighted by Crippen LogP contribution is 2.29. The van der Waals surface area contributed by atoms with E-state index in [2.05, 4.69) is 15.9 Å². The summed E-state index contributed by atoms with van der Waals surface area (Å²) < 4.78 is 0.929. The van der Waals surface area contributed by atoms with E-state index in [1.807, 2.05) is 24.3 Å². The van der Waals surface area contributed by atoms with E-state index in [4.69, 9.17) is 40.5 Å². The molecule has 0 radical (unpaired) electrons. The van der Waals surface area contributed by atoms with Crippen LogP contribution in [0.1, 0.15) is 17.2 Å². The molecule has 0 spiro atoms. The summed E-state index contributed by atoms with van der Waals surface area (Å²) in [5.41, 5.74) is 8.05. The topological polar surface area (TPSA) is 26.0 Å². The third-order valence-electron chi connectivity index (χ3n) is 2.82. The molecule has 0 saturated heterocycles. The van der Waals surface area contributed by atoms with Crippen LogP contribution in [0.2, 0.25) is 15.1 Å². The van der Waals surface area contributed by atoms with Gasteiger partial charge in [0, 0.05) is 25.6 Å². The molecule has 0 heterocycles. The maximum absolute atomic E-state index is 6.19. The predicted octanol–water partition coefficient (Wildman–Crippen LogP) is 5.65. The van der Waals surface area contributed by atoms with E-state index in [0.717, 1.165) is 15.6 Å². The number of halogens is 4. The van der Waals surface area contributed by atoms with Crippen LogP contribution in [0.4, 0.5) is 0 Å². The first kappa shape index (κ1) is 15.1. The normalized spacial score (nSPS) is 12.5. The summed E-state index contributed by atoms with van der Waals surface area (Å²) in [5.74, 6) is 0. The second kappa shape index (κ2) is 6.47. The lowest BCUT2D eigenvalue weighted by Gasteiger charge is -2.15. The molecule has 2 aromatic rings. The molecular weight excluding hydrogens is 368 g/mol. The van der Waals surface area contributed by atoms with Gasteiger partial charge in [0.15, 0.2) is 0 Å². The highest BCUT2D eigenvalue weighted by molar-refractivity contribution is 9.10. The molecule has 0 bridgehead atoms. The fourth-order valence-corrected chi connectivity index (χ4v) is 3.14. The van der Waals surface area contributed by atoms with Crippen molar-refractivity contribution < 1.29 is 0 Å². The maximum atomic E-state index is 6.19. The van der Waals surface area contributed by atoms with E-state index < -0.39 is 0 Å². The zero-order valence-electron chi connectivity index (χ0n) is 9.84. The van der Waals surface area contributed by atoms with Crippen molar-refractivity contribution in [2.24, 2.45) is 5.73 Å². The molecule has 1 atom stereocenters. The Balaban J connectivity index is 2.23. The molecule has 19 heavy (non-hydrogen) atoms. The number of rotatable bonds is 3. The molecule has 0 saturated carbocycles. The summed E-state index contributed by atoms with van der Waals surface area (Å²) >= 11 is 21.6. The number of benzene rings is 2. The zero-order valence-corrected chi connectivity index (χ0v) is 13.7. The maximum Gasteiger partial charge on any atom is 0.0465 e. The van der Waals surface area contributed by atoms with E-state index in [1.54, 1.807) is 12.1 Å². The highest BCUT2D eigenvalue weighted by Gasteiger charge is 2.13. The largest absolute Gasteiger partial charge is 0.324 e. The van der Waals surface area contributed by atoms with Gasteiger partial charge < -0.3 is 5.73 Å². The van der Waals surface area contributed by atoms with Crippen LogP contribution in [0, 0.1) is 0 Å². The van der Waals surface area contributed by atoms with Gasteiger partial charge in [-0.05, 0) is 41.8 Å². The van der Waals surface area contributed by atoms with Gasteiger partial charge in [-0.2, -0.15) is 0 Å². The van der Waals surface area contributed by atoms with Crippen molar-refractivity contribution in [3.63, 3.8) is 0 Å². The van der Waals surface area contributed by atoms with Crippen LogP contribution in [-0.4, -0.2) is 0 Å². The Bertz CT molecular complexity index is 601. The van der Waals surface area contributed by atoms with E-state index in [-0.39, 0.29) is 6.04 Å². The zero-order chi connectivity index (χ0) is 14.0. The summed E-state index contributed by atoms with van der Waals surface area (Å²) in [5, 5.41) is 1.88. The Kier molecular flexibility index (Phi) is 5.15. The standard InChI is InChI=1S/C14H11BrCl3N/c15-9-2-4-11(13(18)6-9)14(19)5-8-1-3-10(16)7-12(8)17/h1-4,6-7,14H,5,19H2. The van der Waals surface area contributed by atoms with Crippen LogP contribution in [0.25, 0.3) is 0 Å². The van der Waals surface area contributed by atoms with Gasteiger partial charge in [-0.25, -0.2) is 0 Å². The molecule has 0 aliphatic carbocycles. The number of hydrogen-bond donors (Lipinski definition) is 1. The lowest BCUT2D eigenvalue weighted by molar-refractivity contribution is 0.722. The van der Waals surface area contributed by atoms with Gasteiger partial charge in [0.25, 0.3) is 0 Å². The second-order valence-corrected chi connectivity index (χ2v) is 6.38. The van der Waals surface area contributed by atoms with Crippen LogP contribution >= 0.6 is 50.7 Å². The molecule has 0 aromatic heterocycles. The van der Waals surface area contributed by atoms with Gasteiger partial charge in [-0.1, -0.05) is 62.9 Å². The van der Waals surface area contributed by atoms with Crippen LogP contribution in [0.3, 0.4) is 0 Å². The molecule has 100 valence electrons. The molecule has 5 heteroatoms. The Morgan fingerprint density at radius 1 is 1.00 bits per heavy atom. The number of hydrogen-bond acceptors (Lipinski definition) is 1. The fourth-order valence-electron chi connectivity index (χ4n) is 1.84. The van der Waals surface area contributed by atoms with Crippen LogP contribution in [0.15, 0.2) is 40.9 Å². The lowest BCUT2D eigenvalue weighted by atomic mass is 9.99. The molecule has 0 amide bonds. The quantitative estimate of drug-likeness (QED) is 0.732. The van der Waals surface area contributed by atoms with Gasteiger partial charge >= 0.3 is 0 Å². The third kappa shape index (κ3) is 3.87. The minimum atomic E-state index is -0.209. The predicted molar refractivity (Wildman–Crippen MR) is 86.2 cm³/mol. The minimum Gasteiger partial charge on any atom is -0.324 e. The Hall–Kier alpha value is -0.250. The van der Waals surface area contributed by atoms with Gasteiger partial charge in [0.05, 0.1) is 0 Å². The summed E-state index contributed by atoms with van der Waals surface area (Å²) in [6.07, 6.45) is 0.608. The molecule has 0 aliphatic heterocycles. The van der Waals surface area contributed by atoms with Crippen molar-refractivity contribution in [3.8, 4) is 0 Å². The van der Waals surface area contributed by atoms with Crippen LogP contribution in [-0.2, 0) is 6.42 Å². The Morgan fingerprint density at radius 2 is 1.74 bits per heavy atom. The van der Waals surface area contributed by atoms with Crippen molar-refractivity contribution in [3.05, 3.63) is 67.1 Å². The van der Waals surface area contributed by atoms with Crippen molar-refractivity contribution in [1.29, 1.82) is 0 Å². The van der Waals surface area contributed by atoms with Gasteiger partial charge in [0.1, 0.15) is 0 Å². The lowest BCUT2D eigenvalue weighted by Crippen LogP contribution is -2.14. The van der Waals surface area contributed by atoms with E-state index in [9.17, 15) is 0 Å². The smallest absolute Gasteiger partial charge is 0.0465 e. The molecule has 1 unspecified atom stereocenters. The minimum absolute atomic E-state index is 0.209. The molecule has 2 N–H and O–H groups in total. The Morgan fingerprint density at radius 3 is 2.37 bits per heavy atom. The monoisotopic (exact) mass is 377 g/mol. The van der Waals surface area contributed by atoms with E-state index >= 15 is 0 Å². The summed E-state index contributed by atoms with van der Waals surface area (Å²) in [6.45, 7) is 0. The Labute approximate surface area is 135 Å². The summed E-state index contributed by atoms with van der Waals surface area (Å²) in [7, 11) is 0. The van der Waals surface area contributed by atoms with E-state index in [0.29, 0.717) is 21.5 Å². The van der Waals surface area contributed by atoms with Crippen molar-refractivity contribution >= 4 is 50.7 Å². The van der Waals surface area contributed by atoms with Gasteiger partial charge in [-0.3, -0.25) is 0 Å². The van der Waals surface area contributed by atoms with E-state index in [1.165, 1.54) is 0 Å². The first-order valence-electron chi connectivity index (χ1n) is 5.62. The third-order valence-corrected chi connectivity index (χ3v) is 4.22. The number of nitrogens with two attached hydrogens (primary N) is 1. The molecular formula is C14H11BrCl3N. The molecule has 0 aliphatic rings. The first-order valence-corrected chi connectivity index (χ1v) is 7.54. The molecule has 2 rings (SSSR count). The average Bonchev–Trinajstić information content (AvgIpc) is 2.32. The summed E-state index contributed by atoms with van der Waals surface area (Å²) in [6, 6.07) is 10.9. The summed E-state index contributed by atoms with van der Waals surface area (Å²) in [4.78, 5) is 0. The van der Waals surface area contributed by atoms with Crippen LogP contribution < -0.4 is 5.73 Å².